The van der Waals surface area contributed by atoms with E-state index in [2.05, 4.69) is 26.8 Å². The van der Waals surface area contributed by atoms with E-state index < -0.39 is 11.7 Å². The second-order valence-electron chi connectivity index (χ2n) is 5.57. The lowest BCUT2D eigenvalue weighted by Gasteiger charge is -2.08. The highest BCUT2D eigenvalue weighted by molar-refractivity contribution is 5.83. The van der Waals surface area contributed by atoms with Crippen molar-refractivity contribution in [3.63, 3.8) is 0 Å². The summed E-state index contributed by atoms with van der Waals surface area (Å²) < 4.78 is 11.6. The largest absolute Gasteiger partial charge is 0.511 e. The molecule has 0 bridgehead atoms. The molecular formula is C17H17N5O5. The highest BCUT2D eigenvalue weighted by Crippen LogP contribution is 2.13. The molecule has 0 fully saturated rings. The number of nitrogens with zero attached hydrogens (tertiary/aromatic N) is 3. The van der Waals surface area contributed by atoms with E-state index in [4.69, 9.17) is 9.47 Å². The lowest BCUT2D eigenvalue weighted by atomic mass is 10.2. The maximum atomic E-state index is 12.1. The zero-order valence-electron chi connectivity index (χ0n) is 14.4. The van der Waals surface area contributed by atoms with Crippen molar-refractivity contribution in [1.82, 2.24) is 19.5 Å². The first-order valence-corrected chi connectivity index (χ1v) is 7.85. The molecule has 1 amide bonds. The SMILES string of the molecule is C=C(O)Cn1cnc2c(=O)[nH]c(NC(=O)OCc3ccc(OC)cc3)nc21. The quantitative estimate of drug-likeness (QED) is 0.564. The van der Waals surface area contributed by atoms with E-state index in [1.54, 1.807) is 31.4 Å². The third-order valence-corrected chi connectivity index (χ3v) is 3.58. The summed E-state index contributed by atoms with van der Waals surface area (Å²) in [4.78, 5) is 34.5. The summed E-state index contributed by atoms with van der Waals surface area (Å²) in [7, 11) is 1.56. The molecule has 140 valence electrons. The van der Waals surface area contributed by atoms with E-state index in [1.807, 2.05) is 0 Å². The Morgan fingerprint density at radius 2 is 2.11 bits per heavy atom. The van der Waals surface area contributed by atoms with Crippen molar-refractivity contribution < 1.29 is 19.4 Å². The van der Waals surface area contributed by atoms with Gasteiger partial charge in [0.25, 0.3) is 5.56 Å². The molecule has 1 aromatic carbocycles. The number of allylic oxidation sites excluding steroid dienone is 1. The van der Waals surface area contributed by atoms with E-state index in [0.29, 0.717) is 5.75 Å². The molecule has 3 rings (SSSR count). The molecule has 2 heterocycles. The Morgan fingerprint density at radius 3 is 2.78 bits per heavy atom. The van der Waals surface area contributed by atoms with E-state index >= 15 is 0 Å². The predicted molar refractivity (Wildman–Crippen MR) is 96.7 cm³/mol. The predicted octanol–water partition coefficient (Wildman–Crippen LogP) is 1.95. The molecule has 0 aliphatic carbocycles. The number of carbonyl (C=O) groups is 1. The fraction of sp³-hybridized carbons (Fsp3) is 0.176. The maximum absolute atomic E-state index is 12.1. The lowest BCUT2D eigenvalue weighted by Crippen LogP contribution is -2.19. The highest BCUT2D eigenvalue weighted by Gasteiger charge is 2.13. The van der Waals surface area contributed by atoms with Gasteiger partial charge in [0.1, 0.15) is 18.1 Å². The zero-order chi connectivity index (χ0) is 19.4. The summed E-state index contributed by atoms with van der Waals surface area (Å²) in [5, 5.41) is 11.7. The molecule has 2 aromatic heterocycles. The van der Waals surface area contributed by atoms with Crippen LogP contribution in [0.1, 0.15) is 5.56 Å². The molecule has 10 nitrogen and oxygen atoms in total. The molecule has 3 aromatic rings. The molecule has 0 aliphatic rings. The first-order chi connectivity index (χ1) is 13.0. The van der Waals surface area contributed by atoms with Gasteiger partial charge in [-0.15, -0.1) is 0 Å². The number of aromatic amines is 1. The van der Waals surface area contributed by atoms with Crippen molar-refractivity contribution in [1.29, 1.82) is 0 Å². The number of ether oxygens (including phenoxy) is 2. The molecule has 0 aliphatic heterocycles. The van der Waals surface area contributed by atoms with Gasteiger partial charge in [0.15, 0.2) is 11.2 Å². The van der Waals surface area contributed by atoms with Crippen LogP contribution in [0.5, 0.6) is 5.75 Å². The van der Waals surface area contributed by atoms with Crippen LogP contribution in [0.15, 0.2) is 47.7 Å². The highest BCUT2D eigenvalue weighted by atomic mass is 16.5. The number of methoxy groups -OCH3 is 1. The number of aliphatic hydroxyl groups excluding tert-OH is 1. The van der Waals surface area contributed by atoms with Gasteiger partial charge >= 0.3 is 6.09 Å². The standard InChI is InChI=1S/C17H17N5O5/c1-10(23)7-22-9-18-13-14(22)19-16(20-15(13)24)21-17(25)27-8-11-3-5-12(26-2)6-4-11/h3-6,9,23H,1,7-8H2,2H3,(H2,19,20,21,24,25). The van der Waals surface area contributed by atoms with E-state index in [-0.39, 0.29) is 36.0 Å². The van der Waals surface area contributed by atoms with Crippen LogP contribution in [0.3, 0.4) is 0 Å². The summed E-state index contributed by atoms with van der Waals surface area (Å²) in [6.45, 7) is 3.44. The van der Waals surface area contributed by atoms with E-state index in [9.17, 15) is 14.7 Å². The van der Waals surface area contributed by atoms with Gasteiger partial charge < -0.3 is 19.1 Å². The monoisotopic (exact) mass is 371 g/mol. The van der Waals surface area contributed by atoms with Crippen LogP contribution in [-0.4, -0.2) is 37.8 Å². The number of amides is 1. The Hall–Kier alpha value is -3.82. The minimum absolute atomic E-state index is 0.0221. The Balaban J connectivity index is 1.70. The van der Waals surface area contributed by atoms with Gasteiger partial charge in [-0.1, -0.05) is 18.7 Å². The van der Waals surface area contributed by atoms with Crippen LogP contribution < -0.4 is 15.6 Å². The van der Waals surface area contributed by atoms with E-state index in [0.717, 1.165) is 5.56 Å². The van der Waals surface area contributed by atoms with Crippen molar-refractivity contribution in [2.75, 3.05) is 12.4 Å². The fourth-order valence-electron chi connectivity index (χ4n) is 2.33. The molecule has 3 N–H and O–H groups in total. The number of aliphatic hydroxyl groups is 1. The van der Waals surface area contributed by atoms with Crippen LogP contribution in [0.2, 0.25) is 0 Å². The minimum Gasteiger partial charge on any atom is -0.511 e. The Bertz CT molecular complexity index is 1040. The summed E-state index contributed by atoms with van der Waals surface area (Å²) >= 11 is 0. The average molecular weight is 371 g/mol. The summed E-state index contributed by atoms with van der Waals surface area (Å²) in [5.74, 6) is 0.475. The Kier molecular flexibility index (Phi) is 5.06. The number of rotatable bonds is 6. The topological polar surface area (TPSA) is 131 Å². The third-order valence-electron chi connectivity index (χ3n) is 3.58. The summed E-state index contributed by atoms with van der Waals surface area (Å²) in [6, 6.07) is 7.02. The normalized spacial score (nSPS) is 10.6. The second kappa shape index (κ2) is 7.60. The average Bonchev–Trinajstić information content (AvgIpc) is 3.03. The zero-order valence-corrected chi connectivity index (χ0v) is 14.4. The van der Waals surface area contributed by atoms with Crippen molar-refractivity contribution in [2.24, 2.45) is 0 Å². The molecular weight excluding hydrogens is 354 g/mol. The van der Waals surface area contributed by atoms with Crippen LogP contribution >= 0.6 is 0 Å². The second-order valence-corrected chi connectivity index (χ2v) is 5.57. The van der Waals surface area contributed by atoms with Crippen molar-refractivity contribution >= 4 is 23.2 Å². The van der Waals surface area contributed by atoms with Crippen LogP contribution in [-0.2, 0) is 17.9 Å². The van der Waals surface area contributed by atoms with Crippen molar-refractivity contribution in [3.05, 3.63) is 58.8 Å². The third kappa shape index (κ3) is 4.24. The van der Waals surface area contributed by atoms with Gasteiger partial charge in [-0.05, 0) is 17.7 Å². The van der Waals surface area contributed by atoms with Crippen molar-refractivity contribution in [2.45, 2.75) is 13.2 Å². The number of imidazole rings is 1. The van der Waals surface area contributed by atoms with Gasteiger partial charge in [-0.3, -0.25) is 15.1 Å². The summed E-state index contributed by atoms with van der Waals surface area (Å²) in [5.41, 5.74) is 0.503. The Labute approximate surface area is 153 Å². The fourth-order valence-corrected chi connectivity index (χ4v) is 2.33. The van der Waals surface area contributed by atoms with Crippen LogP contribution in [0.4, 0.5) is 10.7 Å². The van der Waals surface area contributed by atoms with E-state index in [1.165, 1.54) is 10.9 Å². The van der Waals surface area contributed by atoms with Gasteiger partial charge in [-0.2, -0.15) is 4.98 Å². The van der Waals surface area contributed by atoms with Gasteiger partial charge in [0.2, 0.25) is 5.95 Å². The number of H-pyrrole nitrogens is 1. The molecule has 27 heavy (non-hydrogen) atoms. The maximum Gasteiger partial charge on any atom is 0.414 e. The van der Waals surface area contributed by atoms with Crippen molar-refractivity contribution in [3.8, 4) is 5.75 Å². The van der Waals surface area contributed by atoms with Gasteiger partial charge in [-0.25, -0.2) is 9.78 Å². The van der Waals surface area contributed by atoms with Crippen LogP contribution in [0, 0.1) is 0 Å². The number of hydrogen-bond donors (Lipinski definition) is 3. The number of hydrogen-bond acceptors (Lipinski definition) is 7. The molecule has 0 spiro atoms. The van der Waals surface area contributed by atoms with Gasteiger partial charge in [0.05, 0.1) is 20.0 Å². The lowest BCUT2D eigenvalue weighted by molar-refractivity contribution is 0.155. The summed E-state index contributed by atoms with van der Waals surface area (Å²) in [6.07, 6.45) is 0.561. The Morgan fingerprint density at radius 1 is 1.37 bits per heavy atom. The first-order valence-electron chi connectivity index (χ1n) is 7.85. The number of aromatic nitrogens is 4. The number of fused-ring (bicyclic) bond motifs is 1. The van der Waals surface area contributed by atoms with Gasteiger partial charge in [0, 0.05) is 0 Å². The number of benzene rings is 1. The molecule has 0 unspecified atom stereocenters. The minimum atomic E-state index is -0.786. The molecule has 0 atom stereocenters. The smallest absolute Gasteiger partial charge is 0.414 e. The first kappa shape index (κ1) is 18.0. The number of carbonyl (C=O) groups excluding carboxylic acids is 1. The van der Waals surface area contributed by atoms with Crippen LogP contribution in [0.25, 0.3) is 11.2 Å². The molecule has 0 saturated heterocycles. The molecule has 0 saturated carbocycles. The number of anilines is 1. The molecule has 0 radical (unpaired) electrons. The number of nitrogens with one attached hydrogen (secondary N) is 2. The molecule has 10 heteroatoms.